The second-order valence-electron chi connectivity index (χ2n) is 12.0. The molecule has 3 rings (SSSR count). The Kier molecular flexibility index (Phi) is 10.8. The Bertz CT molecular complexity index is 1040. The maximum absolute atomic E-state index is 12.3. The number of hydrogen-bond donors (Lipinski definition) is 0. The molecule has 0 N–H and O–H groups in total. The van der Waals surface area contributed by atoms with Gasteiger partial charge in [0, 0.05) is 5.56 Å². The highest BCUT2D eigenvalue weighted by molar-refractivity contribution is 6.74. The van der Waals surface area contributed by atoms with Crippen molar-refractivity contribution in [3.05, 3.63) is 65.7 Å². The van der Waals surface area contributed by atoms with Crippen molar-refractivity contribution in [2.75, 3.05) is 20.8 Å². The molecule has 1 heterocycles. The van der Waals surface area contributed by atoms with E-state index in [4.69, 9.17) is 28.1 Å². The Balaban J connectivity index is 1.73. The molecule has 0 radical (unpaired) electrons. The van der Waals surface area contributed by atoms with Crippen LogP contribution in [0, 0.1) is 0 Å². The quantitative estimate of drug-likeness (QED) is 0.197. The Morgan fingerprint density at radius 3 is 2.31 bits per heavy atom. The molecule has 0 spiro atoms. The second-order valence-corrected chi connectivity index (χ2v) is 16.7. The number of hydrogen-bond acceptors (Lipinski definition) is 7. The van der Waals surface area contributed by atoms with Crippen molar-refractivity contribution in [2.24, 2.45) is 0 Å². The lowest BCUT2D eigenvalue weighted by Gasteiger charge is -2.40. The summed E-state index contributed by atoms with van der Waals surface area (Å²) < 4.78 is 36.1. The maximum Gasteiger partial charge on any atom is 0.308 e. The number of esters is 1. The van der Waals surface area contributed by atoms with Gasteiger partial charge in [-0.2, -0.15) is 0 Å². The molecule has 0 aromatic heterocycles. The lowest BCUT2D eigenvalue weighted by Crippen LogP contribution is -2.46. The largest absolute Gasteiger partial charge is 0.497 e. The van der Waals surface area contributed by atoms with Crippen LogP contribution in [0.1, 0.15) is 64.4 Å². The van der Waals surface area contributed by atoms with Crippen molar-refractivity contribution in [3.63, 3.8) is 0 Å². The molecule has 1 fully saturated rings. The molecule has 7 nitrogen and oxygen atoms in total. The van der Waals surface area contributed by atoms with Gasteiger partial charge in [-0.05, 0) is 55.6 Å². The van der Waals surface area contributed by atoms with Gasteiger partial charge in [0.1, 0.15) is 11.9 Å². The Morgan fingerprint density at radius 2 is 1.72 bits per heavy atom. The van der Waals surface area contributed by atoms with E-state index in [1.54, 1.807) is 7.11 Å². The highest BCUT2D eigenvalue weighted by Crippen LogP contribution is 2.43. The third kappa shape index (κ3) is 8.62. The first-order valence-electron chi connectivity index (χ1n) is 13.7. The molecule has 1 unspecified atom stereocenters. The predicted molar refractivity (Wildman–Crippen MR) is 154 cm³/mol. The van der Waals surface area contributed by atoms with Gasteiger partial charge in [0.05, 0.1) is 45.6 Å². The standard InChI is InChI=1S/C31H46O7Si/c1-30(2,3)39(7,8)38-26(20-28(32)34-6)18-19-31(4)27(36-29(37-31)24-12-10-9-11-13-24)22-35-21-23-14-16-25(33-5)17-15-23/h9-17,26-27,29H,18-22H2,1-8H3/t26-,27+,29?,31-/m1/s1. The topological polar surface area (TPSA) is 72.5 Å². The van der Waals surface area contributed by atoms with Crippen molar-refractivity contribution in [1.82, 2.24) is 0 Å². The monoisotopic (exact) mass is 558 g/mol. The van der Waals surface area contributed by atoms with Gasteiger partial charge >= 0.3 is 5.97 Å². The van der Waals surface area contributed by atoms with Crippen LogP contribution in [0.5, 0.6) is 5.75 Å². The van der Waals surface area contributed by atoms with E-state index >= 15 is 0 Å². The first-order valence-corrected chi connectivity index (χ1v) is 16.6. The molecule has 1 aliphatic heterocycles. The summed E-state index contributed by atoms with van der Waals surface area (Å²) in [4.78, 5) is 12.3. The fourth-order valence-corrected chi connectivity index (χ4v) is 5.74. The summed E-state index contributed by atoms with van der Waals surface area (Å²) in [5, 5.41) is 0.0223. The van der Waals surface area contributed by atoms with E-state index in [1.165, 1.54) is 7.11 Å². The summed E-state index contributed by atoms with van der Waals surface area (Å²) >= 11 is 0. The van der Waals surface area contributed by atoms with Crippen molar-refractivity contribution in [2.45, 2.75) is 95.8 Å². The molecule has 0 saturated carbocycles. The number of ether oxygens (including phenoxy) is 5. The van der Waals surface area contributed by atoms with E-state index in [0.29, 0.717) is 26.1 Å². The summed E-state index contributed by atoms with van der Waals surface area (Å²) in [6.45, 7) is 13.9. The number of benzene rings is 2. The van der Waals surface area contributed by atoms with Gasteiger partial charge in [-0.25, -0.2) is 0 Å². The summed E-state index contributed by atoms with van der Waals surface area (Å²) in [5.41, 5.74) is 1.38. The lowest BCUT2D eigenvalue weighted by molar-refractivity contribution is -0.143. The lowest BCUT2D eigenvalue weighted by atomic mass is 9.91. The fraction of sp³-hybridized carbons (Fsp3) is 0.581. The smallest absolute Gasteiger partial charge is 0.308 e. The van der Waals surface area contributed by atoms with Gasteiger partial charge in [-0.15, -0.1) is 0 Å². The minimum absolute atomic E-state index is 0.0223. The second kappa shape index (κ2) is 13.4. The van der Waals surface area contributed by atoms with E-state index in [-0.39, 0.29) is 29.6 Å². The number of methoxy groups -OCH3 is 2. The van der Waals surface area contributed by atoms with E-state index in [0.717, 1.165) is 16.9 Å². The molecular formula is C31H46O7Si. The summed E-state index contributed by atoms with van der Waals surface area (Å²) in [6.07, 6.45) is 0.427. The van der Waals surface area contributed by atoms with Crippen molar-refractivity contribution in [1.29, 1.82) is 0 Å². The molecule has 0 amide bonds. The third-order valence-corrected chi connectivity index (χ3v) is 12.5. The van der Waals surface area contributed by atoms with Gasteiger partial charge in [0.15, 0.2) is 14.6 Å². The van der Waals surface area contributed by atoms with E-state index < -0.39 is 20.2 Å². The normalized spacial score (nSPS) is 22.5. The Labute approximate surface area is 235 Å². The minimum atomic E-state index is -2.11. The van der Waals surface area contributed by atoms with Crippen LogP contribution in [0.15, 0.2) is 54.6 Å². The summed E-state index contributed by atoms with van der Waals surface area (Å²) in [7, 11) is 0.960. The molecule has 1 aliphatic rings. The van der Waals surface area contributed by atoms with E-state index in [1.807, 2.05) is 54.6 Å². The zero-order chi connectivity index (χ0) is 28.7. The van der Waals surface area contributed by atoms with Crippen LogP contribution in [-0.2, 0) is 34.8 Å². The zero-order valence-corrected chi connectivity index (χ0v) is 25.8. The average Bonchev–Trinajstić information content (AvgIpc) is 3.23. The van der Waals surface area contributed by atoms with Crippen LogP contribution in [0.4, 0.5) is 0 Å². The first kappa shape index (κ1) is 31.3. The molecule has 2 aromatic rings. The Hall–Kier alpha value is -2.23. The van der Waals surface area contributed by atoms with Crippen LogP contribution >= 0.6 is 0 Å². The fourth-order valence-electron chi connectivity index (χ4n) is 4.35. The Morgan fingerprint density at radius 1 is 1.05 bits per heavy atom. The molecular weight excluding hydrogens is 512 g/mol. The summed E-state index contributed by atoms with van der Waals surface area (Å²) in [6, 6.07) is 17.8. The molecule has 1 saturated heterocycles. The molecule has 8 heteroatoms. The van der Waals surface area contributed by atoms with Crippen LogP contribution in [-0.4, -0.2) is 52.9 Å². The number of carbonyl (C=O) groups excluding carboxylic acids is 1. The highest BCUT2D eigenvalue weighted by atomic mass is 28.4. The van der Waals surface area contributed by atoms with Crippen LogP contribution in [0.25, 0.3) is 0 Å². The molecule has 4 atom stereocenters. The van der Waals surface area contributed by atoms with Crippen LogP contribution in [0.3, 0.4) is 0 Å². The van der Waals surface area contributed by atoms with E-state index in [9.17, 15) is 4.79 Å². The zero-order valence-electron chi connectivity index (χ0n) is 24.8. The minimum Gasteiger partial charge on any atom is -0.497 e. The maximum atomic E-state index is 12.3. The number of carbonyl (C=O) groups is 1. The van der Waals surface area contributed by atoms with E-state index in [2.05, 4.69) is 40.8 Å². The average molecular weight is 559 g/mol. The van der Waals surface area contributed by atoms with Gasteiger partial charge < -0.3 is 28.1 Å². The number of rotatable bonds is 13. The molecule has 39 heavy (non-hydrogen) atoms. The molecule has 0 aliphatic carbocycles. The van der Waals surface area contributed by atoms with Crippen molar-refractivity contribution >= 4 is 14.3 Å². The highest BCUT2D eigenvalue weighted by Gasteiger charge is 2.47. The van der Waals surface area contributed by atoms with Crippen molar-refractivity contribution in [3.8, 4) is 5.75 Å². The molecule has 216 valence electrons. The van der Waals surface area contributed by atoms with Gasteiger partial charge in [0.25, 0.3) is 0 Å². The van der Waals surface area contributed by atoms with Gasteiger partial charge in [-0.1, -0.05) is 63.2 Å². The van der Waals surface area contributed by atoms with Crippen molar-refractivity contribution < 1.29 is 32.9 Å². The predicted octanol–water partition coefficient (Wildman–Crippen LogP) is 6.82. The van der Waals surface area contributed by atoms with Crippen LogP contribution < -0.4 is 4.74 Å². The molecule has 2 aromatic carbocycles. The summed E-state index contributed by atoms with van der Waals surface area (Å²) in [5.74, 6) is 0.542. The molecule has 0 bridgehead atoms. The third-order valence-electron chi connectivity index (χ3n) is 7.97. The first-order chi connectivity index (χ1) is 18.4. The van der Waals surface area contributed by atoms with Gasteiger partial charge in [-0.3, -0.25) is 4.79 Å². The van der Waals surface area contributed by atoms with Gasteiger partial charge in [0.2, 0.25) is 0 Å². The van der Waals surface area contributed by atoms with Crippen LogP contribution in [0.2, 0.25) is 18.1 Å². The SMILES string of the molecule is COC(=O)C[C@@H](CC[C@@]1(C)OC(c2ccccc2)O[C@H]1COCc1ccc(OC)cc1)O[Si](C)(C)C(C)(C)C.